The standard InChI is InChI=1S/C29H35N3O5S/c1-3-36-18-9-17-31(29(35)30-25-15-13-24(14-16-25)28(34)37-4-2)22-27(33)32(21-26-12-8-19-38-26)20-23-10-6-5-7-11-23/h5-8,10-16,19H,3-4,9,17-18,20-22H2,1-2H3,(H,30,35). The summed E-state index contributed by atoms with van der Waals surface area (Å²) in [4.78, 5) is 43.1. The molecule has 0 spiro atoms. The van der Waals surface area contributed by atoms with E-state index >= 15 is 0 Å². The highest BCUT2D eigenvalue weighted by molar-refractivity contribution is 7.09. The van der Waals surface area contributed by atoms with Gasteiger partial charge >= 0.3 is 12.0 Å². The first kappa shape index (κ1) is 28.9. The van der Waals surface area contributed by atoms with Crippen molar-refractivity contribution in [3.8, 4) is 0 Å². The van der Waals surface area contributed by atoms with Crippen molar-refractivity contribution < 1.29 is 23.9 Å². The molecule has 202 valence electrons. The van der Waals surface area contributed by atoms with Crippen molar-refractivity contribution in [3.63, 3.8) is 0 Å². The lowest BCUT2D eigenvalue weighted by molar-refractivity contribution is -0.133. The van der Waals surface area contributed by atoms with Crippen LogP contribution in [-0.4, -0.2) is 60.6 Å². The minimum atomic E-state index is -0.419. The summed E-state index contributed by atoms with van der Waals surface area (Å²) in [5, 5.41) is 4.83. The highest BCUT2D eigenvalue weighted by atomic mass is 32.1. The maximum atomic E-state index is 13.5. The quantitative estimate of drug-likeness (QED) is 0.219. The van der Waals surface area contributed by atoms with E-state index in [1.807, 2.05) is 54.8 Å². The summed E-state index contributed by atoms with van der Waals surface area (Å²) in [6.45, 7) is 6.23. The zero-order chi connectivity index (χ0) is 27.2. The Morgan fingerprint density at radius 2 is 1.63 bits per heavy atom. The first-order chi connectivity index (χ1) is 18.5. The van der Waals surface area contributed by atoms with Crippen LogP contribution in [0.1, 0.15) is 41.1 Å². The number of hydrogen-bond donors (Lipinski definition) is 1. The Morgan fingerprint density at radius 3 is 2.29 bits per heavy atom. The molecule has 0 radical (unpaired) electrons. The second-order valence-electron chi connectivity index (χ2n) is 8.51. The molecule has 0 aliphatic rings. The van der Waals surface area contributed by atoms with E-state index in [1.54, 1.807) is 47.4 Å². The van der Waals surface area contributed by atoms with Crippen LogP contribution in [0.15, 0.2) is 72.1 Å². The minimum Gasteiger partial charge on any atom is -0.462 e. The Kier molecular flexibility index (Phi) is 11.8. The van der Waals surface area contributed by atoms with Crippen LogP contribution in [0.3, 0.4) is 0 Å². The number of carbonyl (C=O) groups excluding carboxylic acids is 3. The van der Waals surface area contributed by atoms with E-state index < -0.39 is 12.0 Å². The number of hydrogen-bond acceptors (Lipinski definition) is 6. The van der Waals surface area contributed by atoms with E-state index in [0.717, 1.165) is 10.4 Å². The molecule has 3 aromatic rings. The van der Waals surface area contributed by atoms with Gasteiger partial charge in [-0.1, -0.05) is 36.4 Å². The Bertz CT molecular complexity index is 1140. The zero-order valence-electron chi connectivity index (χ0n) is 21.9. The van der Waals surface area contributed by atoms with E-state index in [-0.39, 0.29) is 19.1 Å². The van der Waals surface area contributed by atoms with E-state index in [9.17, 15) is 14.4 Å². The summed E-state index contributed by atoms with van der Waals surface area (Å²) in [6, 6.07) is 19.9. The van der Waals surface area contributed by atoms with Gasteiger partial charge < -0.3 is 24.6 Å². The smallest absolute Gasteiger partial charge is 0.338 e. The largest absolute Gasteiger partial charge is 0.462 e. The number of thiophene rings is 1. The van der Waals surface area contributed by atoms with Crippen molar-refractivity contribution in [2.24, 2.45) is 0 Å². The number of amides is 3. The summed E-state index contributed by atoms with van der Waals surface area (Å²) in [5.41, 5.74) is 1.94. The normalized spacial score (nSPS) is 10.6. The molecule has 0 fully saturated rings. The Morgan fingerprint density at radius 1 is 0.868 bits per heavy atom. The van der Waals surface area contributed by atoms with E-state index in [2.05, 4.69) is 5.32 Å². The number of ether oxygens (including phenoxy) is 2. The molecule has 0 aliphatic carbocycles. The van der Waals surface area contributed by atoms with Crippen LogP contribution in [0.25, 0.3) is 0 Å². The highest BCUT2D eigenvalue weighted by Crippen LogP contribution is 2.16. The van der Waals surface area contributed by atoms with Crippen LogP contribution in [0.2, 0.25) is 0 Å². The van der Waals surface area contributed by atoms with Gasteiger partial charge in [0.25, 0.3) is 0 Å². The summed E-state index contributed by atoms with van der Waals surface area (Å²) < 4.78 is 10.5. The van der Waals surface area contributed by atoms with Gasteiger partial charge in [0.1, 0.15) is 6.54 Å². The van der Waals surface area contributed by atoms with Crippen molar-refractivity contribution in [1.29, 1.82) is 0 Å². The fourth-order valence-corrected chi connectivity index (χ4v) is 4.47. The van der Waals surface area contributed by atoms with E-state index in [0.29, 0.717) is 50.5 Å². The van der Waals surface area contributed by atoms with Gasteiger partial charge in [-0.3, -0.25) is 4.79 Å². The van der Waals surface area contributed by atoms with Crippen LogP contribution < -0.4 is 5.32 Å². The molecule has 0 saturated carbocycles. The lowest BCUT2D eigenvalue weighted by Gasteiger charge is -2.28. The van der Waals surface area contributed by atoms with E-state index in [4.69, 9.17) is 9.47 Å². The van der Waals surface area contributed by atoms with Crippen molar-refractivity contribution in [1.82, 2.24) is 9.80 Å². The molecular formula is C29H35N3O5S. The Balaban J connectivity index is 1.71. The maximum Gasteiger partial charge on any atom is 0.338 e. The third-order valence-electron chi connectivity index (χ3n) is 5.68. The molecule has 1 aromatic heterocycles. The lowest BCUT2D eigenvalue weighted by atomic mass is 10.2. The molecule has 2 aromatic carbocycles. The van der Waals surface area contributed by atoms with Crippen molar-refractivity contribution in [2.45, 2.75) is 33.4 Å². The van der Waals surface area contributed by atoms with Gasteiger partial charge in [0.15, 0.2) is 0 Å². The maximum absolute atomic E-state index is 13.5. The SMILES string of the molecule is CCOCCCN(CC(=O)N(Cc1ccccc1)Cc1cccs1)C(=O)Nc1ccc(C(=O)OCC)cc1. The van der Waals surface area contributed by atoms with Crippen molar-refractivity contribution in [3.05, 3.63) is 88.1 Å². The molecule has 0 bridgehead atoms. The molecule has 0 unspecified atom stereocenters. The van der Waals surface area contributed by atoms with Gasteiger partial charge in [0, 0.05) is 36.9 Å². The number of carbonyl (C=O) groups is 3. The number of nitrogens with zero attached hydrogens (tertiary/aromatic N) is 2. The topological polar surface area (TPSA) is 88.2 Å². The summed E-state index contributed by atoms with van der Waals surface area (Å²) in [6.07, 6.45) is 0.597. The summed E-state index contributed by atoms with van der Waals surface area (Å²) in [7, 11) is 0. The second-order valence-corrected chi connectivity index (χ2v) is 9.55. The molecular weight excluding hydrogens is 502 g/mol. The monoisotopic (exact) mass is 537 g/mol. The minimum absolute atomic E-state index is 0.0723. The Labute approximate surface area is 228 Å². The molecule has 9 heteroatoms. The van der Waals surface area contributed by atoms with Gasteiger partial charge in [-0.2, -0.15) is 0 Å². The van der Waals surface area contributed by atoms with Gasteiger partial charge in [-0.25, -0.2) is 9.59 Å². The zero-order valence-corrected chi connectivity index (χ0v) is 22.7. The molecule has 0 saturated heterocycles. The van der Waals surface area contributed by atoms with Gasteiger partial charge in [-0.05, 0) is 61.5 Å². The first-order valence-corrected chi connectivity index (χ1v) is 13.6. The second kappa shape index (κ2) is 15.5. The van der Waals surface area contributed by atoms with Gasteiger partial charge in [0.05, 0.1) is 18.7 Å². The predicted molar refractivity (Wildman–Crippen MR) is 149 cm³/mol. The average Bonchev–Trinajstić information content (AvgIpc) is 3.44. The van der Waals surface area contributed by atoms with Crippen LogP contribution in [0, 0.1) is 0 Å². The number of benzene rings is 2. The fraction of sp³-hybridized carbons (Fsp3) is 0.345. The number of anilines is 1. The number of urea groups is 1. The van der Waals surface area contributed by atoms with Crippen LogP contribution in [0.5, 0.6) is 0 Å². The van der Waals surface area contributed by atoms with Gasteiger partial charge in [0.2, 0.25) is 5.91 Å². The third-order valence-corrected chi connectivity index (χ3v) is 6.54. The molecule has 0 aliphatic heterocycles. The van der Waals surface area contributed by atoms with E-state index in [1.165, 1.54) is 4.90 Å². The van der Waals surface area contributed by atoms with Crippen LogP contribution in [0.4, 0.5) is 10.5 Å². The molecule has 8 nitrogen and oxygen atoms in total. The molecule has 1 heterocycles. The molecule has 0 atom stereocenters. The molecule has 3 amide bonds. The van der Waals surface area contributed by atoms with Crippen LogP contribution in [-0.2, 0) is 27.4 Å². The first-order valence-electron chi connectivity index (χ1n) is 12.7. The summed E-state index contributed by atoms with van der Waals surface area (Å²) >= 11 is 1.60. The fourth-order valence-electron chi connectivity index (χ4n) is 3.75. The third kappa shape index (κ3) is 9.32. The number of nitrogens with one attached hydrogen (secondary N) is 1. The number of rotatable bonds is 14. The molecule has 38 heavy (non-hydrogen) atoms. The highest BCUT2D eigenvalue weighted by Gasteiger charge is 2.22. The average molecular weight is 538 g/mol. The summed E-state index contributed by atoms with van der Waals surface area (Å²) in [5.74, 6) is -0.566. The van der Waals surface area contributed by atoms with Crippen LogP contribution >= 0.6 is 11.3 Å². The predicted octanol–water partition coefficient (Wildman–Crippen LogP) is 5.41. The lowest BCUT2D eigenvalue weighted by Crippen LogP contribution is -2.44. The number of esters is 1. The van der Waals surface area contributed by atoms with Gasteiger partial charge in [-0.15, -0.1) is 11.3 Å². The molecule has 1 N–H and O–H groups in total. The molecule has 3 rings (SSSR count). The Hall–Kier alpha value is -3.69. The van der Waals surface area contributed by atoms with Crippen molar-refractivity contribution in [2.75, 3.05) is 38.2 Å². The van der Waals surface area contributed by atoms with Crippen molar-refractivity contribution >= 4 is 34.9 Å².